The van der Waals surface area contributed by atoms with Crippen molar-refractivity contribution in [2.45, 2.75) is 59.9 Å². The zero-order chi connectivity index (χ0) is 20.5. The number of aryl methyl sites for hydroxylation is 1. The number of para-hydroxylation sites is 1. The van der Waals surface area contributed by atoms with Gasteiger partial charge in [-0.3, -0.25) is 4.79 Å². The number of hydrogen-bond acceptors (Lipinski definition) is 3. The van der Waals surface area contributed by atoms with E-state index < -0.39 is 0 Å². The molecule has 1 aromatic carbocycles. The first-order valence-corrected chi connectivity index (χ1v) is 10.1. The Balaban J connectivity index is 2.31. The van der Waals surface area contributed by atoms with Gasteiger partial charge in [0, 0.05) is 11.9 Å². The van der Waals surface area contributed by atoms with Crippen molar-refractivity contribution >= 4 is 10.9 Å². The van der Waals surface area contributed by atoms with Crippen LogP contribution in [0.25, 0.3) is 10.9 Å². The molecule has 0 N–H and O–H groups in total. The summed E-state index contributed by atoms with van der Waals surface area (Å²) in [5.41, 5.74) is 3.37. The van der Waals surface area contributed by atoms with Crippen LogP contribution in [0.4, 0.5) is 0 Å². The Bertz CT molecular complexity index is 902. The molecule has 152 valence electrons. The van der Waals surface area contributed by atoms with E-state index in [2.05, 4.69) is 39.8 Å². The van der Waals surface area contributed by atoms with Crippen LogP contribution in [0, 0.1) is 0 Å². The van der Waals surface area contributed by atoms with Gasteiger partial charge in [-0.2, -0.15) is 0 Å². The van der Waals surface area contributed by atoms with Crippen molar-refractivity contribution in [1.29, 1.82) is 0 Å². The molecular formula is C24H33NO3. The van der Waals surface area contributed by atoms with Crippen molar-refractivity contribution in [3.63, 3.8) is 0 Å². The number of benzene rings is 1. The maximum absolute atomic E-state index is 13.0. The number of ether oxygens (including phenoxy) is 2. The van der Waals surface area contributed by atoms with Gasteiger partial charge in [0.1, 0.15) is 6.61 Å². The first-order valence-electron chi connectivity index (χ1n) is 10.1. The van der Waals surface area contributed by atoms with Crippen LogP contribution in [-0.4, -0.2) is 18.3 Å². The quantitative estimate of drug-likeness (QED) is 0.481. The standard InChI is InChI=1S/C24H33NO3/c1-6-7-16-25-21-14-9-8-13-20(21)22(23(27-5)24(25)26)28-17-15-19(4)12-10-11-18(2)3/h8-9,11,13-15H,6-7,10,12,16-17H2,1-5H3/b19-15+. The Kier molecular flexibility index (Phi) is 8.37. The molecular weight excluding hydrogens is 350 g/mol. The van der Waals surface area contributed by atoms with Gasteiger partial charge in [-0.15, -0.1) is 0 Å². The van der Waals surface area contributed by atoms with Crippen LogP contribution in [0.15, 0.2) is 52.4 Å². The highest BCUT2D eigenvalue weighted by Crippen LogP contribution is 2.32. The number of fused-ring (bicyclic) bond motifs is 1. The molecule has 0 spiro atoms. The Morgan fingerprint density at radius 3 is 2.54 bits per heavy atom. The minimum Gasteiger partial charge on any atom is -0.488 e. The molecule has 2 rings (SSSR count). The molecule has 28 heavy (non-hydrogen) atoms. The second-order valence-electron chi connectivity index (χ2n) is 7.37. The normalized spacial score (nSPS) is 11.5. The summed E-state index contributed by atoms with van der Waals surface area (Å²) in [5.74, 6) is 0.814. The smallest absolute Gasteiger partial charge is 0.297 e. The van der Waals surface area contributed by atoms with E-state index in [9.17, 15) is 4.79 Å². The molecule has 0 atom stereocenters. The zero-order valence-corrected chi connectivity index (χ0v) is 17.9. The molecule has 4 nitrogen and oxygen atoms in total. The fourth-order valence-corrected chi connectivity index (χ4v) is 3.17. The van der Waals surface area contributed by atoms with Crippen molar-refractivity contribution in [2.75, 3.05) is 13.7 Å². The predicted octanol–water partition coefficient (Wildman–Crippen LogP) is 5.88. The molecule has 0 aliphatic rings. The van der Waals surface area contributed by atoms with Gasteiger partial charge in [0.25, 0.3) is 5.56 Å². The molecule has 0 saturated carbocycles. The summed E-state index contributed by atoms with van der Waals surface area (Å²) < 4.78 is 13.3. The van der Waals surface area contributed by atoms with E-state index in [1.54, 1.807) is 4.57 Å². The van der Waals surface area contributed by atoms with E-state index in [1.165, 1.54) is 18.3 Å². The van der Waals surface area contributed by atoms with Gasteiger partial charge in [-0.05, 0) is 58.2 Å². The maximum atomic E-state index is 13.0. The largest absolute Gasteiger partial charge is 0.488 e. The van der Waals surface area contributed by atoms with E-state index >= 15 is 0 Å². The first kappa shape index (κ1) is 21.8. The lowest BCUT2D eigenvalue weighted by Gasteiger charge is -2.17. The van der Waals surface area contributed by atoms with Crippen LogP contribution in [0.1, 0.15) is 53.4 Å². The highest BCUT2D eigenvalue weighted by molar-refractivity contribution is 5.87. The average Bonchev–Trinajstić information content (AvgIpc) is 2.67. The molecule has 1 aromatic heterocycles. The average molecular weight is 384 g/mol. The van der Waals surface area contributed by atoms with Crippen molar-refractivity contribution in [2.24, 2.45) is 0 Å². The number of unbranched alkanes of at least 4 members (excludes halogenated alkanes) is 1. The molecule has 4 heteroatoms. The molecule has 0 aliphatic carbocycles. The minimum atomic E-state index is -0.131. The van der Waals surface area contributed by atoms with Gasteiger partial charge in [-0.25, -0.2) is 0 Å². The van der Waals surface area contributed by atoms with Gasteiger partial charge >= 0.3 is 0 Å². The van der Waals surface area contributed by atoms with E-state index in [4.69, 9.17) is 9.47 Å². The van der Waals surface area contributed by atoms with Crippen molar-refractivity contribution in [3.05, 3.63) is 57.9 Å². The molecule has 0 bridgehead atoms. The summed E-state index contributed by atoms with van der Waals surface area (Å²) >= 11 is 0. The molecule has 0 unspecified atom stereocenters. The second kappa shape index (κ2) is 10.7. The SMILES string of the molecule is CCCCn1c(=O)c(OC)c(OC/C=C(\C)CCC=C(C)C)c2ccccc21. The number of methoxy groups -OCH3 is 1. The van der Waals surface area contributed by atoms with Crippen molar-refractivity contribution in [3.8, 4) is 11.5 Å². The fourth-order valence-electron chi connectivity index (χ4n) is 3.17. The van der Waals surface area contributed by atoms with Gasteiger partial charge < -0.3 is 14.0 Å². The van der Waals surface area contributed by atoms with Gasteiger partial charge in [0.05, 0.1) is 12.6 Å². The van der Waals surface area contributed by atoms with Crippen molar-refractivity contribution in [1.82, 2.24) is 4.57 Å². The van der Waals surface area contributed by atoms with E-state index in [0.717, 1.165) is 36.6 Å². The number of hydrogen-bond donors (Lipinski definition) is 0. The Labute approximate surface area is 168 Å². The lowest BCUT2D eigenvalue weighted by atomic mass is 10.1. The third kappa shape index (κ3) is 5.51. The number of aromatic nitrogens is 1. The molecule has 0 amide bonds. The van der Waals surface area contributed by atoms with Crippen LogP contribution in [0.5, 0.6) is 11.5 Å². The summed E-state index contributed by atoms with van der Waals surface area (Å²) in [7, 11) is 1.53. The monoisotopic (exact) mass is 383 g/mol. The van der Waals surface area contributed by atoms with E-state index in [1.807, 2.05) is 24.3 Å². The number of rotatable bonds is 10. The molecule has 0 fully saturated rings. The highest BCUT2D eigenvalue weighted by Gasteiger charge is 2.18. The van der Waals surface area contributed by atoms with Gasteiger partial charge in [0.2, 0.25) is 5.75 Å². The minimum absolute atomic E-state index is 0.131. The first-order chi connectivity index (χ1) is 13.5. The predicted molar refractivity (Wildman–Crippen MR) is 118 cm³/mol. The Morgan fingerprint density at radius 2 is 1.86 bits per heavy atom. The van der Waals surface area contributed by atoms with E-state index in [-0.39, 0.29) is 11.3 Å². The van der Waals surface area contributed by atoms with Crippen LogP contribution in [-0.2, 0) is 6.54 Å². The summed E-state index contributed by atoms with van der Waals surface area (Å²) in [4.78, 5) is 13.0. The Morgan fingerprint density at radius 1 is 1.11 bits per heavy atom. The van der Waals surface area contributed by atoms with E-state index in [0.29, 0.717) is 18.9 Å². The number of pyridine rings is 1. The topological polar surface area (TPSA) is 40.5 Å². The maximum Gasteiger partial charge on any atom is 0.297 e. The Hall–Kier alpha value is -2.49. The summed E-state index contributed by atoms with van der Waals surface area (Å²) in [6.07, 6.45) is 8.33. The highest BCUT2D eigenvalue weighted by atomic mass is 16.5. The summed E-state index contributed by atoms with van der Waals surface area (Å²) in [6.45, 7) is 9.55. The number of nitrogens with zero attached hydrogens (tertiary/aromatic N) is 1. The third-order valence-electron chi connectivity index (χ3n) is 4.78. The van der Waals surface area contributed by atoms with Crippen LogP contribution >= 0.6 is 0 Å². The molecule has 0 radical (unpaired) electrons. The summed E-state index contributed by atoms with van der Waals surface area (Å²) in [5, 5.41) is 0.908. The summed E-state index contributed by atoms with van der Waals surface area (Å²) in [6, 6.07) is 7.87. The molecule has 0 saturated heterocycles. The lowest BCUT2D eigenvalue weighted by molar-refractivity contribution is 0.324. The molecule has 0 aliphatic heterocycles. The lowest BCUT2D eigenvalue weighted by Crippen LogP contribution is -2.23. The second-order valence-corrected chi connectivity index (χ2v) is 7.37. The molecule has 1 heterocycles. The van der Waals surface area contributed by atoms with Crippen LogP contribution in [0.2, 0.25) is 0 Å². The van der Waals surface area contributed by atoms with Gasteiger partial charge in [0.15, 0.2) is 5.75 Å². The number of allylic oxidation sites excluding steroid dienone is 3. The van der Waals surface area contributed by atoms with Gasteiger partial charge in [-0.1, -0.05) is 42.7 Å². The van der Waals surface area contributed by atoms with Crippen LogP contribution in [0.3, 0.4) is 0 Å². The third-order valence-corrected chi connectivity index (χ3v) is 4.78. The fraction of sp³-hybridized carbons (Fsp3) is 0.458. The molecule has 2 aromatic rings. The van der Waals surface area contributed by atoms with Crippen LogP contribution < -0.4 is 15.0 Å². The zero-order valence-electron chi connectivity index (χ0n) is 17.9. The van der Waals surface area contributed by atoms with Crippen molar-refractivity contribution < 1.29 is 9.47 Å².